The summed E-state index contributed by atoms with van der Waals surface area (Å²) in [5.74, 6) is 1.40. The van der Waals surface area contributed by atoms with E-state index < -0.39 is 6.10 Å². The molecule has 5 heteroatoms. The zero-order valence-corrected chi connectivity index (χ0v) is 12.9. The summed E-state index contributed by atoms with van der Waals surface area (Å²) in [5, 5.41) is 22.9. The Morgan fingerprint density at radius 1 is 1.38 bits per heavy atom. The Labute approximate surface area is 125 Å². The third-order valence-electron chi connectivity index (χ3n) is 4.30. The fourth-order valence-electron chi connectivity index (χ4n) is 2.47. The largest absolute Gasteiger partial charge is 0.497 e. The number of ether oxygens (including phenoxy) is 2. The van der Waals surface area contributed by atoms with E-state index in [-0.39, 0.29) is 24.2 Å². The highest BCUT2D eigenvalue weighted by atomic mass is 16.5. The van der Waals surface area contributed by atoms with Crippen molar-refractivity contribution < 1.29 is 19.7 Å². The van der Waals surface area contributed by atoms with Gasteiger partial charge in [-0.25, -0.2) is 0 Å². The van der Waals surface area contributed by atoms with Crippen molar-refractivity contribution in [3.8, 4) is 11.5 Å². The van der Waals surface area contributed by atoms with Crippen molar-refractivity contribution >= 4 is 0 Å². The summed E-state index contributed by atoms with van der Waals surface area (Å²) >= 11 is 0. The monoisotopic (exact) mass is 295 g/mol. The van der Waals surface area contributed by atoms with Crippen LogP contribution in [-0.2, 0) is 0 Å². The quantitative estimate of drug-likeness (QED) is 0.705. The minimum absolute atomic E-state index is 0.132. The number of aliphatic hydroxyl groups excluding tert-OH is 2. The normalized spacial score (nSPS) is 25.0. The zero-order valence-electron chi connectivity index (χ0n) is 12.9. The molecule has 1 aromatic rings. The second kappa shape index (κ2) is 6.64. The van der Waals surface area contributed by atoms with E-state index in [0.29, 0.717) is 12.3 Å². The van der Waals surface area contributed by atoms with Crippen molar-refractivity contribution in [3.05, 3.63) is 24.3 Å². The third-order valence-corrected chi connectivity index (χ3v) is 4.30. The van der Waals surface area contributed by atoms with Crippen LogP contribution in [0.1, 0.15) is 20.3 Å². The van der Waals surface area contributed by atoms with Crippen LogP contribution in [0, 0.1) is 5.41 Å². The molecule has 1 aromatic carbocycles. The van der Waals surface area contributed by atoms with Gasteiger partial charge in [-0.15, -0.1) is 0 Å². The first kappa shape index (κ1) is 16.1. The van der Waals surface area contributed by atoms with Crippen molar-refractivity contribution in [2.45, 2.75) is 38.5 Å². The lowest BCUT2D eigenvalue weighted by molar-refractivity contribution is -0.0755. The summed E-state index contributed by atoms with van der Waals surface area (Å²) in [5.41, 5.74) is -0.132. The average Bonchev–Trinajstić information content (AvgIpc) is 2.49. The highest BCUT2D eigenvalue weighted by Gasteiger charge is 2.46. The molecule has 0 saturated heterocycles. The summed E-state index contributed by atoms with van der Waals surface area (Å²) in [6, 6.07) is 7.53. The molecular formula is C16H25NO4. The summed E-state index contributed by atoms with van der Waals surface area (Å²) < 4.78 is 10.7. The summed E-state index contributed by atoms with van der Waals surface area (Å²) in [6.07, 6.45) is -0.124. The number of rotatable bonds is 7. The molecule has 3 unspecified atom stereocenters. The van der Waals surface area contributed by atoms with Crippen molar-refractivity contribution in [2.75, 3.05) is 20.3 Å². The van der Waals surface area contributed by atoms with Crippen LogP contribution in [0.15, 0.2) is 24.3 Å². The first-order valence-electron chi connectivity index (χ1n) is 7.30. The van der Waals surface area contributed by atoms with Crippen molar-refractivity contribution in [3.63, 3.8) is 0 Å². The average molecular weight is 295 g/mol. The van der Waals surface area contributed by atoms with Crippen molar-refractivity contribution in [1.82, 2.24) is 5.32 Å². The van der Waals surface area contributed by atoms with E-state index >= 15 is 0 Å². The van der Waals surface area contributed by atoms with E-state index in [2.05, 4.69) is 5.32 Å². The van der Waals surface area contributed by atoms with Gasteiger partial charge in [0.25, 0.3) is 0 Å². The zero-order chi connectivity index (χ0) is 15.5. The van der Waals surface area contributed by atoms with Gasteiger partial charge >= 0.3 is 0 Å². The van der Waals surface area contributed by atoms with E-state index in [1.54, 1.807) is 13.2 Å². The van der Waals surface area contributed by atoms with Crippen LogP contribution in [0.2, 0.25) is 0 Å². The number of hydrogen-bond donors (Lipinski definition) is 3. The van der Waals surface area contributed by atoms with Crippen molar-refractivity contribution in [1.29, 1.82) is 0 Å². The van der Waals surface area contributed by atoms with Gasteiger partial charge in [0.2, 0.25) is 0 Å². The minimum Gasteiger partial charge on any atom is -0.497 e. The fourth-order valence-corrected chi connectivity index (χ4v) is 2.47. The predicted octanol–water partition coefficient (Wildman–Crippen LogP) is 1.18. The molecule has 0 heterocycles. The molecule has 21 heavy (non-hydrogen) atoms. The molecule has 3 N–H and O–H groups in total. The van der Waals surface area contributed by atoms with Gasteiger partial charge in [0.05, 0.1) is 13.2 Å². The second-order valence-corrected chi connectivity index (χ2v) is 6.18. The Balaban J connectivity index is 1.71. The Bertz CT molecular complexity index is 463. The maximum Gasteiger partial charge on any atom is 0.123 e. The number of hydrogen-bond acceptors (Lipinski definition) is 5. The third kappa shape index (κ3) is 3.87. The van der Waals surface area contributed by atoms with E-state index in [9.17, 15) is 10.2 Å². The number of aliphatic hydroxyl groups is 2. The van der Waals surface area contributed by atoms with Crippen LogP contribution < -0.4 is 14.8 Å². The molecule has 0 aliphatic heterocycles. The minimum atomic E-state index is -0.593. The van der Waals surface area contributed by atoms with E-state index in [1.807, 2.05) is 32.0 Å². The van der Waals surface area contributed by atoms with Crippen LogP contribution in [-0.4, -0.2) is 48.7 Å². The SMILES string of the molecule is COc1cccc(OCC(O)CNC2CC(O)C2(C)C)c1. The molecule has 2 rings (SSSR count). The van der Waals surface area contributed by atoms with E-state index in [1.165, 1.54) is 0 Å². The number of methoxy groups -OCH3 is 1. The molecule has 1 fully saturated rings. The molecule has 1 aliphatic carbocycles. The molecule has 5 nitrogen and oxygen atoms in total. The number of benzene rings is 1. The van der Waals surface area contributed by atoms with Gasteiger partial charge in [-0.05, 0) is 18.6 Å². The highest BCUT2D eigenvalue weighted by molar-refractivity contribution is 5.32. The molecular weight excluding hydrogens is 270 g/mol. The molecule has 0 radical (unpaired) electrons. The van der Waals surface area contributed by atoms with Gasteiger partial charge in [-0.2, -0.15) is 0 Å². The molecule has 0 bridgehead atoms. The molecule has 0 aromatic heterocycles. The summed E-state index contributed by atoms with van der Waals surface area (Å²) in [7, 11) is 1.60. The molecule has 3 atom stereocenters. The first-order valence-corrected chi connectivity index (χ1v) is 7.30. The van der Waals surface area contributed by atoms with Gasteiger partial charge in [0.15, 0.2) is 0 Å². The standard InChI is InChI=1S/C16H25NO4/c1-16(2)14(8-15(16)19)17-9-11(18)10-21-13-6-4-5-12(7-13)20-3/h4-7,11,14-15,17-19H,8-10H2,1-3H3. The van der Waals surface area contributed by atoms with Gasteiger partial charge < -0.3 is 25.0 Å². The van der Waals surface area contributed by atoms with Crippen LogP contribution in [0.3, 0.4) is 0 Å². The summed E-state index contributed by atoms with van der Waals surface area (Å²) in [4.78, 5) is 0. The molecule has 118 valence electrons. The Kier molecular flexibility index (Phi) is 5.08. The van der Waals surface area contributed by atoms with Crippen LogP contribution in [0.5, 0.6) is 11.5 Å². The van der Waals surface area contributed by atoms with Gasteiger partial charge in [0, 0.05) is 24.1 Å². The fraction of sp³-hybridized carbons (Fsp3) is 0.625. The highest BCUT2D eigenvalue weighted by Crippen LogP contribution is 2.40. The lowest BCUT2D eigenvalue weighted by atomic mass is 9.64. The molecule has 0 spiro atoms. The predicted molar refractivity (Wildman–Crippen MR) is 80.7 cm³/mol. The second-order valence-electron chi connectivity index (χ2n) is 6.18. The Hall–Kier alpha value is -1.30. The number of nitrogens with one attached hydrogen (secondary N) is 1. The Morgan fingerprint density at radius 3 is 2.71 bits per heavy atom. The van der Waals surface area contributed by atoms with E-state index in [4.69, 9.17) is 9.47 Å². The molecule has 1 aliphatic rings. The van der Waals surface area contributed by atoms with Gasteiger partial charge in [0.1, 0.15) is 24.2 Å². The lowest BCUT2D eigenvalue weighted by Gasteiger charge is -2.49. The van der Waals surface area contributed by atoms with Crippen LogP contribution in [0.4, 0.5) is 0 Å². The maximum atomic E-state index is 9.96. The van der Waals surface area contributed by atoms with Crippen molar-refractivity contribution in [2.24, 2.45) is 5.41 Å². The van der Waals surface area contributed by atoms with Gasteiger partial charge in [-0.1, -0.05) is 19.9 Å². The topological polar surface area (TPSA) is 71.0 Å². The van der Waals surface area contributed by atoms with Gasteiger partial charge in [-0.3, -0.25) is 0 Å². The maximum absolute atomic E-state index is 9.96. The molecule has 0 amide bonds. The lowest BCUT2D eigenvalue weighted by Crippen LogP contribution is -2.61. The first-order chi connectivity index (χ1) is 9.93. The van der Waals surface area contributed by atoms with Crippen LogP contribution >= 0.6 is 0 Å². The Morgan fingerprint density at radius 2 is 2.10 bits per heavy atom. The smallest absolute Gasteiger partial charge is 0.123 e. The summed E-state index contributed by atoms with van der Waals surface area (Å²) in [6.45, 7) is 4.72. The van der Waals surface area contributed by atoms with E-state index in [0.717, 1.165) is 12.2 Å². The molecule has 1 saturated carbocycles. The van der Waals surface area contributed by atoms with Crippen LogP contribution in [0.25, 0.3) is 0 Å².